The minimum absolute atomic E-state index is 0.0914. The van der Waals surface area contributed by atoms with Gasteiger partial charge in [-0.1, -0.05) is 13.2 Å². The molecule has 1 N–H and O–H groups in total. The van der Waals surface area contributed by atoms with Crippen molar-refractivity contribution in [1.29, 1.82) is 0 Å². The summed E-state index contributed by atoms with van der Waals surface area (Å²) in [5.74, 6) is 0. The Morgan fingerprint density at radius 2 is 1.78 bits per heavy atom. The zero-order valence-electron chi connectivity index (χ0n) is 11.0. The number of hydrogen-bond donors (Lipinski definition) is 1. The highest BCUT2D eigenvalue weighted by Gasteiger charge is 2.15. The Kier molecular flexibility index (Phi) is 11.1. The van der Waals surface area contributed by atoms with Crippen molar-refractivity contribution in [1.82, 2.24) is 0 Å². The average molecular weight is 281 g/mol. The van der Waals surface area contributed by atoms with E-state index < -0.39 is 10.4 Å². The molecule has 7 heteroatoms. The van der Waals surface area contributed by atoms with Crippen molar-refractivity contribution in [3.8, 4) is 0 Å². The summed E-state index contributed by atoms with van der Waals surface area (Å²) in [4.78, 5) is 0. The number of aliphatic hydroxyl groups excluding tert-OH is 1. The van der Waals surface area contributed by atoms with Gasteiger partial charge in [0.1, 0.15) is 6.54 Å². The topological polar surface area (TPSA) is 86.7 Å². The molecular formula is C11H23NO5S. The fraction of sp³-hybridized carbons (Fsp3) is 0.636. The third-order valence-corrected chi connectivity index (χ3v) is 2.57. The van der Waals surface area contributed by atoms with Gasteiger partial charge in [0.25, 0.3) is 0 Å². The molecule has 6 nitrogen and oxygen atoms in total. The van der Waals surface area contributed by atoms with E-state index >= 15 is 0 Å². The molecule has 0 aliphatic carbocycles. The molecule has 0 aliphatic heterocycles. The van der Waals surface area contributed by atoms with Crippen molar-refractivity contribution in [2.45, 2.75) is 6.92 Å². The van der Waals surface area contributed by atoms with Crippen LogP contribution in [0, 0.1) is 0 Å². The highest BCUT2D eigenvalue weighted by molar-refractivity contribution is 7.80. The van der Waals surface area contributed by atoms with E-state index in [0.29, 0.717) is 0 Å². The number of quaternary nitrogens is 1. The maximum Gasteiger partial charge on any atom is 0.217 e. The van der Waals surface area contributed by atoms with E-state index in [1.807, 2.05) is 12.2 Å². The highest BCUT2D eigenvalue weighted by atomic mass is 32.3. The van der Waals surface area contributed by atoms with Crippen LogP contribution in [-0.2, 0) is 14.6 Å². The van der Waals surface area contributed by atoms with Crippen LogP contribution in [0.2, 0.25) is 0 Å². The number of hydrogen-bond acceptors (Lipinski definition) is 5. The van der Waals surface area contributed by atoms with Crippen LogP contribution in [0.25, 0.3) is 0 Å². The van der Waals surface area contributed by atoms with Crippen molar-refractivity contribution in [3.05, 3.63) is 25.3 Å². The maximum atomic E-state index is 9.45. The van der Waals surface area contributed by atoms with Crippen LogP contribution in [0.5, 0.6) is 0 Å². The first kappa shape index (κ1) is 19.6. The van der Waals surface area contributed by atoms with E-state index in [2.05, 4.69) is 24.4 Å². The lowest BCUT2D eigenvalue weighted by molar-refractivity contribution is -0.898. The van der Waals surface area contributed by atoms with Gasteiger partial charge < -0.3 is 14.1 Å². The summed E-state index contributed by atoms with van der Waals surface area (Å²) in [6, 6.07) is 0. The van der Waals surface area contributed by atoms with Gasteiger partial charge in [0.05, 0.1) is 33.4 Å². The van der Waals surface area contributed by atoms with Crippen LogP contribution in [0.15, 0.2) is 25.3 Å². The van der Waals surface area contributed by atoms with Gasteiger partial charge >= 0.3 is 0 Å². The summed E-state index contributed by atoms with van der Waals surface area (Å²) >= 11 is 0. The molecule has 0 amide bonds. The van der Waals surface area contributed by atoms with E-state index in [1.165, 1.54) is 6.92 Å². The Morgan fingerprint density at radius 3 is 1.94 bits per heavy atom. The van der Waals surface area contributed by atoms with Crippen LogP contribution in [-0.4, -0.2) is 62.5 Å². The standard InChI is InChI=1S/C9H18NO.C2H6O4S/c1-4-6-10(3,7-5-2)8-9-11;1-2-6-7(3,4)5/h4-5,11H,1-2,6-9H2,3H3;2H2,1H3,(H,3,4,5)/q+1;/p-1. The second-order valence-corrected chi connectivity index (χ2v) is 4.88. The summed E-state index contributed by atoms with van der Waals surface area (Å²) in [5.41, 5.74) is 0. The number of aliphatic hydroxyl groups is 1. The van der Waals surface area contributed by atoms with E-state index in [9.17, 15) is 13.0 Å². The van der Waals surface area contributed by atoms with Gasteiger partial charge in [0, 0.05) is 0 Å². The molecule has 18 heavy (non-hydrogen) atoms. The number of nitrogens with zero attached hydrogens (tertiary/aromatic N) is 1. The smallest absolute Gasteiger partial charge is 0.217 e. The summed E-state index contributed by atoms with van der Waals surface area (Å²) in [5, 5.41) is 8.77. The molecule has 0 rings (SSSR count). The highest BCUT2D eigenvalue weighted by Crippen LogP contribution is 2.01. The molecule has 0 spiro atoms. The fourth-order valence-electron chi connectivity index (χ4n) is 1.27. The second-order valence-electron chi connectivity index (χ2n) is 3.82. The van der Waals surface area contributed by atoms with Gasteiger partial charge in [-0.15, -0.1) is 0 Å². The maximum absolute atomic E-state index is 9.45. The molecule has 0 bridgehead atoms. The summed E-state index contributed by atoms with van der Waals surface area (Å²) in [7, 11) is -2.34. The Morgan fingerprint density at radius 1 is 1.33 bits per heavy atom. The molecular weight excluding hydrogens is 258 g/mol. The molecule has 0 saturated carbocycles. The first-order valence-electron chi connectivity index (χ1n) is 5.51. The normalized spacial score (nSPS) is 11.3. The van der Waals surface area contributed by atoms with E-state index in [4.69, 9.17) is 5.11 Å². The second kappa shape index (κ2) is 10.2. The molecule has 0 atom stereocenters. The van der Waals surface area contributed by atoms with Crippen LogP contribution in [0.4, 0.5) is 0 Å². The van der Waals surface area contributed by atoms with Crippen molar-refractivity contribution >= 4 is 10.4 Å². The van der Waals surface area contributed by atoms with Crippen molar-refractivity contribution in [2.75, 3.05) is 39.9 Å². The summed E-state index contributed by atoms with van der Waals surface area (Å²) < 4.78 is 32.8. The quantitative estimate of drug-likeness (QED) is 0.299. The minimum atomic E-state index is -4.42. The number of rotatable bonds is 8. The number of likely N-dealkylation sites (N-methyl/N-ethyl adjacent to an activating group) is 1. The Hall–Kier alpha value is -0.730. The first-order valence-corrected chi connectivity index (χ1v) is 6.84. The summed E-state index contributed by atoms with van der Waals surface area (Å²) in [6.45, 7) is 11.4. The Bertz CT molecular complexity index is 316. The van der Waals surface area contributed by atoms with Crippen molar-refractivity contribution < 1.29 is 26.7 Å². The lowest BCUT2D eigenvalue weighted by atomic mass is 10.3. The van der Waals surface area contributed by atoms with Crippen molar-refractivity contribution in [2.24, 2.45) is 0 Å². The molecule has 0 heterocycles. The van der Waals surface area contributed by atoms with Gasteiger partial charge in [0.15, 0.2) is 0 Å². The Labute approximate surface area is 110 Å². The zero-order valence-corrected chi connectivity index (χ0v) is 11.9. The van der Waals surface area contributed by atoms with Crippen LogP contribution in [0.1, 0.15) is 6.92 Å². The minimum Gasteiger partial charge on any atom is -0.726 e. The van der Waals surface area contributed by atoms with Crippen LogP contribution >= 0.6 is 0 Å². The predicted octanol–water partition coefficient (Wildman–Crippen LogP) is 0.280. The fourth-order valence-corrected chi connectivity index (χ4v) is 1.55. The third kappa shape index (κ3) is 13.3. The molecule has 0 unspecified atom stereocenters. The molecule has 0 fully saturated rings. The molecule has 0 radical (unpaired) electrons. The largest absolute Gasteiger partial charge is 0.726 e. The predicted molar refractivity (Wildman–Crippen MR) is 69.6 cm³/mol. The van der Waals surface area contributed by atoms with Gasteiger partial charge in [-0.05, 0) is 19.1 Å². The van der Waals surface area contributed by atoms with Gasteiger partial charge in [0.2, 0.25) is 10.4 Å². The molecule has 0 aromatic heterocycles. The molecule has 0 aromatic rings. The van der Waals surface area contributed by atoms with E-state index in [0.717, 1.165) is 24.1 Å². The molecule has 0 aliphatic rings. The monoisotopic (exact) mass is 281 g/mol. The van der Waals surface area contributed by atoms with Gasteiger partial charge in [-0.2, -0.15) is 0 Å². The van der Waals surface area contributed by atoms with Gasteiger partial charge in [-0.3, -0.25) is 4.18 Å². The third-order valence-electron chi connectivity index (χ3n) is 2.04. The van der Waals surface area contributed by atoms with E-state index in [1.54, 1.807) is 0 Å². The van der Waals surface area contributed by atoms with E-state index in [-0.39, 0.29) is 13.2 Å². The van der Waals surface area contributed by atoms with Crippen LogP contribution in [0.3, 0.4) is 0 Å². The zero-order chi connectivity index (χ0) is 14.7. The van der Waals surface area contributed by atoms with Crippen molar-refractivity contribution in [3.63, 3.8) is 0 Å². The molecule has 108 valence electrons. The average Bonchev–Trinajstić information content (AvgIpc) is 2.17. The lowest BCUT2D eigenvalue weighted by Gasteiger charge is -2.31. The summed E-state index contributed by atoms with van der Waals surface area (Å²) in [6.07, 6.45) is 3.75. The lowest BCUT2D eigenvalue weighted by Crippen LogP contribution is -2.46. The first-order chi connectivity index (χ1) is 8.24. The SMILES string of the molecule is C=CC[N+](C)(CC=C)CCO.CCOS(=O)(=O)[O-]. The molecule has 0 aromatic carbocycles. The Balaban J connectivity index is 0. The molecule has 0 saturated heterocycles. The van der Waals surface area contributed by atoms with Gasteiger partial charge in [-0.25, -0.2) is 8.42 Å². The van der Waals surface area contributed by atoms with Crippen LogP contribution < -0.4 is 0 Å².